The average molecular weight is 346 g/mol. The zero-order chi connectivity index (χ0) is 17.4. The van der Waals surface area contributed by atoms with Crippen LogP contribution in [0.3, 0.4) is 0 Å². The Morgan fingerprint density at radius 3 is 2.38 bits per heavy atom. The maximum absolute atomic E-state index is 12.7. The summed E-state index contributed by atoms with van der Waals surface area (Å²) in [4.78, 5) is 0. The van der Waals surface area contributed by atoms with E-state index < -0.39 is 7.37 Å². The summed E-state index contributed by atoms with van der Waals surface area (Å²) in [6.07, 6.45) is 1.58. The summed E-state index contributed by atoms with van der Waals surface area (Å²) in [5.41, 5.74) is 2.32. The van der Waals surface area contributed by atoms with E-state index in [1.807, 2.05) is 55.5 Å². The normalized spacial score (nSPS) is 14.8. The molecule has 2 aromatic rings. The van der Waals surface area contributed by atoms with Crippen molar-refractivity contribution in [2.24, 2.45) is 0 Å². The highest BCUT2D eigenvalue weighted by atomic mass is 31.2. The monoisotopic (exact) mass is 346 g/mol. The summed E-state index contributed by atoms with van der Waals surface area (Å²) in [7, 11) is -2.59. The molecule has 0 fully saturated rings. The van der Waals surface area contributed by atoms with Crippen LogP contribution in [0.25, 0.3) is 0 Å². The third kappa shape index (κ3) is 5.51. The molecule has 1 unspecified atom stereocenters. The minimum absolute atomic E-state index is 0.0434. The molecule has 0 spiro atoms. The first kappa shape index (κ1) is 18.8. The van der Waals surface area contributed by atoms with Crippen molar-refractivity contribution in [1.82, 2.24) is 0 Å². The Balaban J connectivity index is 2.02. The largest absolute Gasteiger partial charge is 0.489 e. The molecule has 24 heavy (non-hydrogen) atoms. The smallest absolute Gasteiger partial charge is 0.203 e. The third-order valence-electron chi connectivity index (χ3n) is 4.14. The molecule has 2 aromatic carbocycles. The van der Waals surface area contributed by atoms with Gasteiger partial charge in [0.2, 0.25) is 7.37 Å². The zero-order valence-electron chi connectivity index (χ0n) is 14.8. The Labute approximate surface area is 145 Å². The van der Waals surface area contributed by atoms with Gasteiger partial charge in [0, 0.05) is 12.3 Å². The van der Waals surface area contributed by atoms with Gasteiger partial charge in [0.25, 0.3) is 0 Å². The van der Waals surface area contributed by atoms with Crippen LogP contribution in [0, 0.1) is 0 Å². The van der Waals surface area contributed by atoms with Crippen molar-refractivity contribution in [2.75, 3.05) is 13.3 Å². The van der Waals surface area contributed by atoms with Gasteiger partial charge in [-0.1, -0.05) is 49.4 Å². The summed E-state index contributed by atoms with van der Waals surface area (Å²) in [5.74, 6) is 0.841. The second-order valence-corrected chi connectivity index (χ2v) is 8.82. The first-order chi connectivity index (χ1) is 11.5. The molecule has 0 aliphatic heterocycles. The van der Waals surface area contributed by atoms with Crippen LogP contribution in [-0.4, -0.2) is 18.9 Å². The van der Waals surface area contributed by atoms with Crippen LogP contribution in [0.4, 0.5) is 0 Å². The van der Waals surface area contributed by atoms with Crippen LogP contribution in [0.1, 0.15) is 31.4 Å². The Morgan fingerprint density at radius 2 is 1.71 bits per heavy atom. The molecule has 0 radical (unpaired) electrons. The molecule has 2 atom stereocenters. The molecule has 3 nitrogen and oxygen atoms in total. The van der Waals surface area contributed by atoms with Crippen molar-refractivity contribution in [1.29, 1.82) is 0 Å². The first-order valence-electron chi connectivity index (χ1n) is 8.52. The van der Waals surface area contributed by atoms with E-state index in [1.165, 1.54) is 0 Å². The van der Waals surface area contributed by atoms with Gasteiger partial charge in [-0.15, -0.1) is 0 Å². The van der Waals surface area contributed by atoms with E-state index in [0.717, 1.165) is 29.7 Å². The van der Waals surface area contributed by atoms with Gasteiger partial charge >= 0.3 is 0 Å². The lowest BCUT2D eigenvalue weighted by atomic mass is 10.1. The second-order valence-electron chi connectivity index (χ2n) is 6.01. The topological polar surface area (TPSA) is 35.5 Å². The second kappa shape index (κ2) is 9.05. The maximum atomic E-state index is 12.7. The standard InChI is InChI=1S/C20H27O3P/c1-4-20(24(3,21)23-5-2)15-18-12-9-13-19(14-18)22-16-17-10-7-6-8-11-17/h6-14,20H,4-5,15-16H2,1-3H3/t20-,24?/m0/s1. The highest BCUT2D eigenvalue weighted by Crippen LogP contribution is 2.50. The fraction of sp³-hybridized carbons (Fsp3) is 0.400. The molecule has 0 heterocycles. The lowest BCUT2D eigenvalue weighted by Crippen LogP contribution is -2.13. The van der Waals surface area contributed by atoms with E-state index >= 15 is 0 Å². The Morgan fingerprint density at radius 1 is 1.00 bits per heavy atom. The molecule has 4 heteroatoms. The van der Waals surface area contributed by atoms with Crippen molar-refractivity contribution >= 4 is 7.37 Å². The molecule has 0 aliphatic carbocycles. The van der Waals surface area contributed by atoms with Gasteiger partial charge < -0.3 is 9.26 Å². The number of hydrogen-bond acceptors (Lipinski definition) is 3. The molecule has 0 amide bonds. The average Bonchev–Trinajstić information content (AvgIpc) is 2.59. The number of hydrogen-bond donors (Lipinski definition) is 0. The predicted octanol–water partition coefficient (Wildman–Crippen LogP) is 5.53. The van der Waals surface area contributed by atoms with E-state index in [4.69, 9.17) is 9.26 Å². The number of rotatable bonds is 9. The summed E-state index contributed by atoms with van der Waals surface area (Å²) in [6, 6.07) is 18.2. The molecule has 130 valence electrons. The Bertz CT molecular complexity index is 670. The first-order valence-corrected chi connectivity index (χ1v) is 10.7. The third-order valence-corrected chi connectivity index (χ3v) is 6.78. The summed E-state index contributed by atoms with van der Waals surface area (Å²) in [6.45, 7) is 6.74. The minimum atomic E-state index is -2.59. The SMILES string of the molecule is CCOP(C)(=O)[C@@H](CC)Cc1cccc(OCc2ccccc2)c1. The Hall–Kier alpha value is -1.57. The molecule has 0 aromatic heterocycles. The molecular formula is C20H27O3P. The lowest BCUT2D eigenvalue weighted by molar-refractivity contribution is 0.305. The van der Waals surface area contributed by atoms with Crippen molar-refractivity contribution in [3.8, 4) is 5.75 Å². The van der Waals surface area contributed by atoms with Crippen LogP contribution < -0.4 is 4.74 Å². The maximum Gasteiger partial charge on any atom is 0.203 e. The van der Waals surface area contributed by atoms with Crippen molar-refractivity contribution in [3.05, 3.63) is 65.7 Å². The van der Waals surface area contributed by atoms with E-state index in [2.05, 4.69) is 13.0 Å². The van der Waals surface area contributed by atoms with Gasteiger partial charge in [0.1, 0.15) is 12.4 Å². The summed E-state index contributed by atoms with van der Waals surface area (Å²) >= 11 is 0. The molecule has 0 saturated heterocycles. The fourth-order valence-corrected chi connectivity index (χ4v) is 4.71. The van der Waals surface area contributed by atoms with Gasteiger partial charge in [-0.05, 0) is 43.0 Å². The summed E-state index contributed by atoms with van der Waals surface area (Å²) < 4.78 is 24.1. The minimum Gasteiger partial charge on any atom is -0.489 e. The van der Waals surface area contributed by atoms with Crippen molar-refractivity contribution in [3.63, 3.8) is 0 Å². The number of benzene rings is 2. The van der Waals surface area contributed by atoms with E-state index in [9.17, 15) is 4.57 Å². The molecule has 0 N–H and O–H groups in total. The Kier molecular flexibility index (Phi) is 7.08. The molecule has 0 aliphatic rings. The lowest BCUT2D eigenvalue weighted by Gasteiger charge is -2.23. The van der Waals surface area contributed by atoms with Crippen molar-refractivity contribution in [2.45, 2.75) is 39.0 Å². The van der Waals surface area contributed by atoms with Crippen LogP contribution >= 0.6 is 7.37 Å². The van der Waals surface area contributed by atoms with Crippen LogP contribution in [-0.2, 0) is 22.1 Å². The van der Waals surface area contributed by atoms with Crippen LogP contribution in [0.2, 0.25) is 0 Å². The van der Waals surface area contributed by atoms with E-state index in [1.54, 1.807) is 6.66 Å². The van der Waals surface area contributed by atoms with Gasteiger partial charge in [-0.3, -0.25) is 4.57 Å². The number of ether oxygens (including phenoxy) is 1. The van der Waals surface area contributed by atoms with Gasteiger partial charge in [-0.25, -0.2) is 0 Å². The molecule has 0 bridgehead atoms. The zero-order valence-corrected chi connectivity index (χ0v) is 15.7. The van der Waals surface area contributed by atoms with Crippen LogP contribution in [0.15, 0.2) is 54.6 Å². The van der Waals surface area contributed by atoms with E-state index in [-0.39, 0.29) is 5.66 Å². The highest BCUT2D eigenvalue weighted by Gasteiger charge is 2.27. The van der Waals surface area contributed by atoms with Gasteiger partial charge in [0.05, 0.1) is 6.61 Å². The highest BCUT2D eigenvalue weighted by molar-refractivity contribution is 7.58. The summed E-state index contributed by atoms with van der Waals surface area (Å²) in [5, 5.41) is 0. The van der Waals surface area contributed by atoms with Crippen LogP contribution in [0.5, 0.6) is 5.75 Å². The van der Waals surface area contributed by atoms with Gasteiger partial charge in [0.15, 0.2) is 0 Å². The van der Waals surface area contributed by atoms with Crippen molar-refractivity contribution < 1.29 is 13.8 Å². The predicted molar refractivity (Wildman–Crippen MR) is 100 cm³/mol. The molecule has 0 saturated carbocycles. The van der Waals surface area contributed by atoms with Gasteiger partial charge in [-0.2, -0.15) is 0 Å². The molecular weight excluding hydrogens is 319 g/mol. The fourth-order valence-electron chi connectivity index (χ4n) is 2.78. The molecule has 2 rings (SSSR count). The quantitative estimate of drug-likeness (QED) is 0.560. The van der Waals surface area contributed by atoms with E-state index in [0.29, 0.717) is 13.2 Å².